The number of phosphoric acid groups is 1. The molecule has 0 radical (unpaired) electrons. The van der Waals surface area contributed by atoms with Crippen LogP contribution in [-0.2, 0) is 9.36 Å². The van der Waals surface area contributed by atoms with Crippen LogP contribution in [0.15, 0.2) is 12.7 Å². The second-order valence-corrected chi connectivity index (χ2v) is 7.04. The maximum absolute atomic E-state index is 9.25. The molecule has 6 nitrogen and oxygen atoms in total. The molecule has 0 rings (SSSR count). The minimum atomic E-state index is -4.64. The fourth-order valence-corrected chi connectivity index (χ4v) is 2.44. The minimum absolute atomic E-state index is 0.833. The van der Waals surface area contributed by atoms with E-state index in [-0.39, 0.29) is 0 Å². The molecular formula is C15H33O6PS. The first-order chi connectivity index (χ1) is 10.7. The number of rotatable bonds is 11. The summed E-state index contributed by atoms with van der Waals surface area (Å²) in [7, 11) is -4.64. The van der Waals surface area contributed by atoms with Crippen molar-refractivity contribution in [2.24, 2.45) is 0 Å². The van der Waals surface area contributed by atoms with E-state index in [1.165, 1.54) is 62.9 Å². The van der Waals surface area contributed by atoms with E-state index in [4.69, 9.17) is 24.4 Å². The van der Waals surface area contributed by atoms with Gasteiger partial charge in [0.1, 0.15) is 0 Å². The van der Waals surface area contributed by atoms with E-state index in [9.17, 15) is 4.79 Å². The van der Waals surface area contributed by atoms with Gasteiger partial charge in [-0.05, 0) is 24.3 Å². The predicted octanol–water partition coefficient (Wildman–Crippen LogP) is 4.21. The molecule has 0 aromatic rings. The summed E-state index contributed by atoms with van der Waals surface area (Å²) in [6.45, 7) is 7.51. The topological polar surface area (TPSA) is 115 Å². The highest BCUT2D eigenvalue weighted by Crippen LogP contribution is 2.25. The molecule has 0 aliphatic rings. The molecule has 0 heterocycles. The van der Waals surface area contributed by atoms with Crippen LogP contribution in [0.2, 0.25) is 0 Å². The van der Waals surface area contributed by atoms with Gasteiger partial charge in [0.25, 0.3) is 0 Å². The van der Waals surface area contributed by atoms with E-state index in [2.05, 4.69) is 32.2 Å². The standard InChI is InChI=1S/C12H26S.C3H4O2.H3O4P/c1-3-5-7-8-9-10-12-13-11-6-4-2;1-2-3(4)5;1-5(2,3)4/h3-12H2,1-2H3;2H,1H2,(H,4,5);(H3,1,2,3,4). The lowest BCUT2D eigenvalue weighted by Crippen LogP contribution is -1.84. The van der Waals surface area contributed by atoms with Crippen molar-refractivity contribution in [1.29, 1.82) is 0 Å². The Kier molecular flexibility index (Phi) is 25.9. The maximum atomic E-state index is 9.25. The van der Waals surface area contributed by atoms with Gasteiger partial charge in [-0.15, -0.1) is 0 Å². The molecule has 0 atom stereocenters. The van der Waals surface area contributed by atoms with Crippen molar-refractivity contribution in [2.45, 2.75) is 65.2 Å². The Labute approximate surface area is 144 Å². The van der Waals surface area contributed by atoms with Gasteiger partial charge in [0.05, 0.1) is 0 Å². The lowest BCUT2D eigenvalue weighted by atomic mass is 10.1. The van der Waals surface area contributed by atoms with Crippen molar-refractivity contribution in [1.82, 2.24) is 0 Å². The average Bonchev–Trinajstić information content (AvgIpc) is 2.44. The number of hydrogen-bond donors (Lipinski definition) is 4. The average molecular weight is 372 g/mol. The van der Waals surface area contributed by atoms with Crippen LogP contribution >= 0.6 is 19.6 Å². The molecular weight excluding hydrogens is 339 g/mol. The van der Waals surface area contributed by atoms with Crippen molar-refractivity contribution in [2.75, 3.05) is 11.5 Å². The molecule has 0 aliphatic carbocycles. The van der Waals surface area contributed by atoms with Crippen LogP contribution in [-0.4, -0.2) is 37.3 Å². The van der Waals surface area contributed by atoms with Crippen LogP contribution in [0.5, 0.6) is 0 Å². The van der Waals surface area contributed by atoms with Crippen molar-refractivity contribution in [3.05, 3.63) is 12.7 Å². The van der Waals surface area contributed by atoms with Gasteiger partial charge in [-0.25, -0.2) is 9.36 Å². The number of thioether (sulfide) groups is 1. The van der Waals surface area contributed by atoms with E-state index in [1.54, 1.807) is 0 Å². The summed E-state index contributed by atoms with van der Waals surface area (Å²) in [6.07, 6.45) is 12.2. The zero-order valence-corrected chi connectivity index (χ0v) is 16.0. The predicted molar refractivity (Wildman–Crippen MR) is 97.7 cm³/mol. The van der Waals surface area contributed by atoms with Crippen molar-refractivity contribution < 1.29 is 29.1 Å². The molecule has 0 aromatic carbocycles. The Morgan fingerprint density at radius 1 is 0.957 bits per heavy atom. The largest absolute Gasteiger partial charge is 0.478 e. The lowest BCUT2D eigenvalue weighted by molar-refractivity contribution is -0.131. The number of aliphatic carboxylic acids is 1. The van der Waals surface area contributed by atoms with E-state index in [0.717, 1.165) is 6.08 Å². The molecule has 140 valence electrons. The van der Waals surface area contributed by atoms with E-state index < -0.39 is 13.8 Å². The van der Waals surface area contributed by atoms with Crippen LogP contribution in [0.25, 0.3) is 0 Å². The van der Waals surface area contributed by atoms with Gasteiger partial charge in [-0.2, -0.15) is 11.8 Å². The Morgan fingerprint density at radius 3 is 1.70 bits per heavy atom. The molecule has 0 bridgehead atoms. The molecule has 0 unspecified atom stereocenters. The molecule has 0 fully saturated rings. The first kappa shape index (κ1) is 27.5. The third-order valence-electron chi connectivity index (χ3n) is 2.46. The molecule has 0 saturated carbocycles. The van der Waals surface area contributed by atoms with E-state index in [0.29, 0.717) is 0 Å². The van der Waals surface area contributed by atoms with Crippen LogP contribution < -0.4 is 0 Å². The summed E-state index contributed by atoms with van der Waals surface area (Å²) in [4.78, 5) is 30.8. The number of carboxylic acid groups (broad SMARTS) is 1. The third kappa shape index (κ3) is 61.6. The Bertz CT molecular complexity index is 288. The second kappa shape index (κ2) is 21.7. The third-order valence-corrected chi connectivity index (χ3v) is 3.61. The molecule has 8 heteroatoms. The number of unbranched alkanes of at least 4 members (excludes halogenated alkanes) is 6. The number of carbonyl (C=O) groups is 1. The van der Waals surface area contributed by atoms with Gasteiger partial charge in [-0.3, -0.25) is 0 Å². The summed E-state index contributed by atoms with van der Waals surface area (Å²) in [5.41, 5.74) is 0. The smallest absolute Gasteiger partial charge is 0.466 e. The van der Waals surface area contributed by atoms with E-state index >= 15 is 0 Å². The summed E-state index contributed by atoms with van der Waals surface area (Å²) < 4.78 is 8.88. The normalized spacial score (nSPS) is 9.96. The summed E-state index contributed by atoms with van der Waals surface area (Å²) in [5.74, 6) is 1.79. The molecule has 0 amide bonds. The molecule has 4 N–H and O–H groups in total. The Morgan fingerprint density at radius 2 is 1.30 bits per heavy atom. The maximum Gasteiger partial charge on any atom is 0.466 e. The monoisotopic (exact) mass is 372 g/mol. The lowest BCUT2D eigenvalue weighted by Gasteiger charge is -2.00. The summed E-state index contributed by atoms with van der Waals surface area (Å²) >= 11 is 2.14. The second-order valence-electron chi connectivity index (χ2n) is 4.79. The number of hydrogen-bond acceptors (Lipinski definition) is 3. The van der Waals surface area contributed by atoms with Crippen molar-refractivity contribution >= 4 is 25.6 Å². The highest BCUT2D eigenvalue weighted by molar-refractivity contribution is 7.99. The SMILES string of the molecule is C=CC(=O)O.CCCCCCCCSCCCC.O=P(O)(O)O. The van der Waals surface area contributed by atoms with Gasteiger partial charge in [-0.1, -0.05) is 59.0 Å². The number of carboxylic acids is 1. The highest BCUT2D eigenvalue weighted by atomic mass is 32.2. The molecule has 0 aromatic heterocycles. The quantitative estimate of drug-likeness (QED) is 0.244. The summed E-state index contributed by atoms with van der Waals surface area (Å²) in [6, 6.07) is 0. The molecule has 0 aliphatic heterocycles. The van der Waals surface area contributed by atoms with Crippen LogP contribution in [0.4, 0.5) is 0 Å². The van der Waals surface area contributed by atoms with Gasteiger partial charge < -0.3 is 19.8 Å². The van der Waals surface area contributed by atoms with Crippen LogP contribution in [0, 0.1) is 0 Å². The first-order valence-corrected chi connectivity index (χ1v) is 10.6. The van der Waals surface area contributed by atoms with Crippen LogP contribution in [0.3, 0.4) is 0 Å². The minimum Gasteiger partial charge on any atom is -0.478 e. The first-order valence-electron chi connectivity index (χ1n) is 7.90. The van der Waals surface area contributed by atoms with E-state index in [1.807, 2.05) is 0 Å². The highest BCUT2D eigenvalue weighted by Gasteiger charge is 2.00. The van der Waals surface area contributed by atoms with Crippen molar-refractivity contribution in [3.63, 3.8) is 0 Å². The van der Waals surface area contributed by atoms with Gasteiger partial charge >= 0.3 is 13.8 Å². The van der Waals surface area contributed by atoms with Crippen LogP contribution in [0.1, 0.15) is 65.2 Å². The molecule has 0 spiro atoms. The molecule has 0 saturated heterocycles. The molecule has 23 heavy (non-hydrogen) atoms. The zero-order chi connectivity index (χ0) is 18.6. The fraction of sp³-hybridized carbons (Fsp3) is 0.800. The zero-order valence-electron chi connectivity index (χ0n) is 14.3. The Balaban J connectivity index is -0.000000329. The summed E-state index contributed by atoms with van der Waals surface area (Å²) in [5, 5.41) is 7.60. The van der Waals surface area contributed by atoms with Crippen molar-refractivity contribution in [3.8, 4) is 0 Å². The fourth-order valence-electron chi connectivity index (χ4n) is 1.33. The van der Waals surface area contributed by atoms with Gasteiger partial charge in [0, 0.05) is 6.08 Å². The van der Waals surface area contributed by atoms with Gasteiger partial charge in [0.2, 0.25) is 0 Å². The van der Waals surface area contributed by atoms with Gasteiger partial charge in [0.15, 0.2) is 0 Å². The Hall–Kier alpha value is -0.330.